The van der Waals surface area contributed by atoms with Crippen LogP contribution in [-0.2, 0) is 0 Å². The van der Waals surface area contributed by atoms with E-state index in [2.05, 4.69) is 63.7 Å². The Hall–Kier alpha value is -6.21. The van der Waals surface area contributed by atoms with E-state index in [9.17, 15) is 0 Å². The second-order valence-corrected chi connectivity index (χ2v) is 10.6. The van der Waals surface area contributed by atoms with Gasteiger partial charge in [-0.2, -0.15) is 0 Å². The molecule has 7 heteroatoms. The van der Waals surface area contributed by atoms with Crippen LogP contribution < -0.4 is 0 Å². The zero-order chi connectivity index (χ0) is 29.0. The molecule has 0 saturated heterocycles. The Morgan fingerprint density at radius 2 is 0.909 bits per heavy atom. The van der Waals surface area contributed by atoms with Crippen LogP contribution in [0.2, 0.25) is 0 Å². The number of benzene rings is 3. The first kappa shape index (κ1) is 24.4. The average molecular weight is 566 g/mol. The van der Waals surface area contributed by atoms with Crippen LogP contribution in [0.3, 0.4) is 0 Å². The molecule has 0 spiro atoms. The second kappa shape index (κ2) is 9.68. The van der Waals surface area contributed by atoms with E-state index in [1.807, 2.05) is 79.1 Å². The first-order valence-corrected chi connectivity index (χ1v) is 14.4. The molecule has 0 radical (unpaired) electrons. The fourth-order valence-electron chi connectivity index (χ4n) is 6.19. The molecule has 9 aromatic rings. The second-order valence-electron chi connectivity index (χ2n) is 10.6. The number of aromatic nitrogens is 7. The van der Waals surface area contributed by atoms with Crippen molar-refractivity contribution in [3.8, 4) is 33.9 Å². The Balaban J connectivity index is 1.43. The van der Waals surface area contributed by atoms with Crippen LogP contribution in [0, 0.1) is 0 Å². The van der Waals surface area contributed by atoms with Gasteiger partial charge in [-0.05, 0) is 53.6 Å². The minimum absolute atomic E-state index is 0.684. The third-order valence-electron chi connectivity index (χ3n) is 8.10. The molecular weight excluding hydrogens is 542 g/mol. The summed E-state index contributed by atoms with van der Waals surface area (Å²) in [6.45, 7) is 0. The van der Waals surface area contributed by atoms with Crippen molar-refractivity contribution in [2.24, 2.45) is 0 Å². The molecule has 0 aliphatic rings. The molecule has 6 heterocycles. The van der Waals surface area contributed by atoms with E-state index < -0.39 is 0 Å². The number of hydrogen-bond acceptors (Lipinski definition) is 5. The minimum Gasteiger partial charge on any atom is -0.276 e. The predicted molar refractivity (Wildman–Crippen MR) is 175 cm³/mol. The lowest BCUT2D eigenvalue weighted by atomic mass is 10.1. The molecule has 44 heavy (non-hydrogen) atoms. The van der Waals surface area contributed by atoms with Crippen molar-refractivity contribution in [1.82, 2.24) is 34.1 Å². The third kappa shape index (κ3) is 3.59. The molecule has 9 rings (SSSR count). The molecule has 206 valence electrons. The molecular formula is C37H23N7. The Labute approximate surface area is 251 Å². The minimum atomic E-state index is 0.684. The van der Waals surface area contributed by atoms with Gasteiger partial charge in [-0.3, -0.25) is 14.1 Å². The summed E-state index contributed by atoms with van der Waals surface area (Å²) in [4.78, 5) is 25.3. The highest BCUT2D eigenvalue weighted by Crippen LogP contribution is 2.38. The van der Waals surface area contributed by atoms with Crippen molar-refractivity contribution in [2.45, 2.75) is 0 Å². The van der Waals surface area contributed by atoms with Crippen molar-refractivity contribution in [2.75, 3.05) is 0 Å². The summed E-state index contributed by atoms with van der Waals surface area (Å²) in [5.74, 6) is 1.56. The first-order valence-electron chi connectivity index (χ1n) is 14.4. The van der Waals surface area contributed by atoms with Crippen molar-refractivity contribution < 1.29 is 0 Å². The van der Waals surface area contributed by atoms with Crippen LogP contribution in [0.15, 0.2) is 140 Å². The van der Waals surface area contributed by atoms with Crippen LogP contribution in [0.4, 0.5) is 0 Å². The van der Waals surface area contributed by atoms with E-state index in [0.717, 1.165) is 72.5 Å². The number of rotatable bonds is 4. The smallest absolute Gasteiger partial charge is 0.169 e. The van der Waals surface area contributed by atoms with E-state index in [1.165, 1.54) is 0 Å². The molecule has 0 bridgehead atoms. The van der Waals surface area contributed by atoms with Crippen molar-refractivity contribution in [3.05, 3.63) is 140 Å². The van der Waals surface area contributed by atoms with Gasteiger partial charge in [0.2, 0.25) is 0 Å². The molecule has 0 fully saturated rings. The fraction of sp³-hybridized carbons (Fsp3) is 0. The van der Waals surface area contributed by atoms with Gasteiger partial charge in [0.25, 0.3) is 0 Å². The van der Waals surface area contributed by atoms with Crippen LogP contribution in [0.25, 0.3) is 78.2 Å². The lowest BCUT2D eigenvalue weighted by Crippen LogP contribution is -2.04. The van der Waals surface area contributed by atoms with Crippen molar-refractivity contribution in [1.29, 1.82) is 0 Å². The summed E-state index contributed by atoms with van der Waals surface area (Å²) in [6.07, 6.45) is 5.45. The molecule has 0 aliphatic carbocycles. The maximum Gasteiger partial charge on any atom is 0.169 e. The number of fused-ring (bicyclic) bond motifs is 6. The zero-order valence-electron chi connectivity index (χ0n) is 23.4. The van der Waals surface area contributed by atoms with Crippen LogP contribution >= 0.6 is 0 Å². The number of nitrogens with zero attached hydrogens (tertiary/aromatic N) is 7. The highest BCUT2D eigenvalue weighted by molar-refractivity contribution is 6.12. The highest BCUT2D eigenvalue weighted by atomic mass is 15.2. The zero-order valence-corrected chi connectivity index (χ0v) is 23.4. The van der Waals surface area contributed by atoms with Gasteiger partial charge in [-0.1, -0.05) is 78.9 Å². The van der Waals surface area contributed by atoms with E-state index in [4.69, 9.17) is 24.9 Å². The van der Waals surface area contributed by atoms with Crippen LogP contribution in [0.5, 0.6) is 0 Å². The molecule has 0 aliphatic heterocycles. The SMILES string of the molecule is c1ccc(-c2cccnc2-n2c3ccccc3c3nc4c5ncccc5n(-c5ncccc5-c5ccccc5)c4nc32)cc1. The molecule has 0 unspecified atom stereocenters. The standard InChI is InChI=1S/C37H23N7/c1-3-12-24(13-4-1)26-17-9-22-39-34(26)43-29-19-8-7-16-28(29)31-36(43)42-37-33(41-31)32-30(20-11-21-38-32)44(37)35-27(18-10-23-40-35)25-14-5-2-6-15-25/h1-23H. The third-order valence-corrected chi connectivity index (χ3v) is 8.10. The van der Waals surface area contributed by atoms with Gasteiger partial charge in [0.15, 0.2) is 11.3 Å². The molecule has 0 amide bonds. The predicted octanol–water partition coefficient (Wildman–Crippen LogP) is 8.19. The summed E-state index contributed by atoms with van der Waals surface area (Å²) in [5.41, 5.74) is 9.73. The summed E-state index contributed by atoms with van der Waals surface area (Å²) >= 11 is 0. The van der Waals surface area contributed by atoms with E-state index in [-0.39, 0.29) is 0 Å². The van der Waals surface area contributed by atoms with E-state index >= 15 is 0 Å². The Morgan fingerprint density at radius 1 is 0.386 bits per heavy atom. The van der Waals surface area contributed by atoms with Gasteiger partial charge in [0, 0.05) is 35.1 Å². The Kier molecular flexibility index (Phi) is 5.36. The van der Waals surface area contributed by atoms with Gasteiger partial charge in [-0.15, -0.1) is 0 Å². The van der Waals surface area contributed by atoms with Gasteiger partial charge < -0.3 is 0 Å². The van der Waals surface area contributed by atoms with E-state index in [1.54, 1.807) is 6.20 Å². The lowest BCUT2D eigenvalue weighted by Gasteiger charge is -2.13. The summed E-state index contributed by atoms with van der Waals surface area (Å²) in [6, 6.07) is 41.0. The molecule has 0 atom stereocenters. The van der Waals surface area contributed by atoms with Crippen molar-refractivity contribution in [3.63, 3.8) is 0 Å². The maximum absolute atomic E-state index is 5.42. The number of para-hydroxylation sites is 1. The normalized spacial score (nSPS) is 11.6. The van der Waals surface area contributed by atoms with Crippen LogP contribution in [0.1, 0.15) is 0 Å². The molecule has 0 N–H and O–H groups in total. The highest BCUT2D eigenvalue weighted by Gasteiger charge is 2.24. The van der Waals surface area contributed by atoms with Gasteiger partial charge in [0.1, 0.15) is 28.2 Å². The average Bonchev–Trinajstić information content (AvgIpc) is 3.60. The largest absolute Gasteiger partial charge is 0.276 e. The van der Waals surface area contributed by atoms with E-state index in [0.29, 0.717) is 5.65 Å². The first-order chi connectivity index (χ1) is 21.9. The maximum atomic E-state index is 5.42. The topological polar surface area (TPSA) is 74.3 Å². The fourth-order valence-corrected chi connectivity index (χ4v) is 6.19. The monoisotopic (exact) mass is 565 g/mol. The van der Waals surface area contributed by atoms with Gasteiger partial charge >= 0.3 is 0 Å². The summed E-state index contributed by atoms with van der Waals surface area (Å²) in [7, 11) is 0. The molecule has 3 aromatic carbocycles. The summed E-state index contributed by atoms with van der Waals surface area (Å²) in [5, 5.41) is 1.00. The quantitative estimate of drug-likeness (QED) is 0.215. The Morgan fingerprint density at radius 3 is 1.59 bits per heavy atom. The molecule has 7 nitrogen and oxygen atoms in total. The Bertz CT molecular complexity index is 2320. The lowest BCUT2D eigenvalue weighted by molar-refractivity contribution is 1.03. The molecule has 0 saturated carbocycles. The van der Waals surface area contributed by atoms with Gasteiger partial charge in [0.05, 0.1) is 11.0 Å². The van der Waals surface area contributed by atoms with Gasteiger partial charge in [-0.25, -0.2) is 19.9 Å². The van der Waals surface area contributed by atoms with Crippen molar-refractivity contribution >= 4 is 44.3 Å². The molecule has 6 aromatic heterocycles. The van der Waals surface area contributed by atoms with Crippen LogP contribution in [-0.4, -0.2) is 34.1 Å². The summed E-state index contributed by atoms with van der Waals surface area (Å²) < 4.78 is 4.22. The number of hydrogen-bond donors (Lipinski definition) is 0. The number of pyridine rings is 3.